The van der Waals surface area contributed by atoms with Crippen LogP contribution >= 0.6 is 0 Å². The van der Waals surface area contributed by atoms with Crippen molar-refractivity contribution in [2.45, 2.75) is 25.9 Å². The van der Waals surface area contributed by atoms with E-state index in [-0.39, 0.29) is 24.1 Å². The molecule has 0 aliphatic heterocycles. The second-order valence-electron chi connectivity index (χ2n) is 6.27. The van der Waals surface area contributed by atoms with Gasteiger partial charge in [0.2, 0.25) is 5.91 Å². The Morgan fingerprint density at radius 1 is 1.27 bits per heavy atom. The highest BCUT2D eigenvalue weighted by Gasteiger charge is 2.15. The van der Waals surface area contributed by atoms with Crippen LogP contribution in [0.25, 0.3) is 10.9 Å². The molecule has 1 amide bonds. The highest BCUT2D eigenvalue weighted by atomic mass is 19.1. The quantitative estimate of drug-likeness (QED) is 0.754. The molecule has 0 aliphatic carbocycles. The summed E-state index contributed by atoms with van der Waals surface area (Å²) in [5.41, 5.74) is 0.154. The van der Waals surface area contributed by atoms with Gasteiger partial charge in [-0.2, -0.15) is 0 Å². The summed E-state index contributed by atoms with van der Waals surface area (Å²) in [6.45, 7) is 1.42. The number of aryl methyl sites for hydroxylation is 1. The number of hydrogen-bond acceptors (Lipinski definition) is 3. The van der Waals surface area contributed by atoms with Crippen LogP contribution in [0.2, 0.25) is 0 Å². The van der Waals surface area contributed by atoms with Crippen molar-refractivity contribution in [3.63, 3.8) is 0 Å². The zero-order valence-electron chi connectivity index (χ0n) is 14.4. The summed E-state index contributed by atoms with van der Waals surface area (Å²) >= 11 is 0. The number of nitrogens with zero attached hydrogens (tertiary/aromatic N) is 3. The Kier molecular flexibility index (Phi) is 4.83. The van der Waals surface area contributed by atoms with Crippen LogP contribution in [-0.2, 0) is 24.8 Å². The summed E-state index contributed by atoms with van der Waals surface area (Å²) in [6, 6.07) is 3.13. The van der Waals surface area contributed by atoms with Crippen LogP contribution < -0.4 is 10.9 Å². The second-order valence-corrected chi connectivity index (χ2v) is 6.27. The van der Waals surface area contributed by atoms with Crippen molar-refractivity contribution in [2.75, 3.05) is 0 Å². The van der Waals surface area contributed by atoms with Crippen molar-refractivity contribution < 1.29 is 13.6 Å². The Balaban J connectivity index is 1.69. The first-order valence-electron chi connectivity index (χ1n) is 8.08. The lowest BCUT2D eigenvalue weighted by Crippen LogP contribution is -2.38. The smallest absolute Gasteiger partial charge is 0.263 e. The number of rotatable bonds is 5. The van der Waals surface area contributed by atoms with Crippen LogP contribution in [-0.4, -0.2) is 26.1 Å². The van der Waals surface area contributed by atoms with Gasteiger partial charge in [0.25, 0.3) is 5.56 Å². The Labute approximate surface area is 148 Å². The van der Waals surface area contributed by atoms with E-state index < -0.39 is 23.6 Å². The molecule has 0 bridgehead atoms. The van der Waals surface area contributed by atoms with Crippen molar-refractivity contribution in [1.29, 1.82) is 0 Å². The normalized spacial score (nSPS) is 12.3. The van der Waals surface area contributed by atoms with Crippen molar-refractivity contribution >= 4 is 16.8 Å². The van der Waals surface area contributed by atoms with Gasteiger partial charge in [-0.25, -0.2) is 13.8 Å². The zero-order chi connectivity index (χ0) is 18.8. The molecule has 1 aromatic carbocycles. The van der Waals surface area contributed by atoms with Crippen LogP contribution in [0.5, 0.6) is 0 Å². The fourth-order valence-electron chi connectivity index (χ4n) is 2.85. The number of aromatic nitrogens is 3. The molecule has 26 heavy (non-hydrogen) atoms. The van der Waals surface area contributed by atoms with E-state index >= 15 is 0 Å². The molecule has 0 spiro atoms. The first-order valence-corrected chi connectivity index (χ1v) is 8.08. The maximum atomic E-state index is 13.7. The number of amides is 1. The SMILES string of the molecule is CC(Cc1c(F)cccc1F)NC(=O)Cn1cnc2cn(C)cc2c1=O. The van der Waals surface area contributed by atoms with E-state index in [1.165, 1.54) is 29.1 Å². The Bertz CT molecular complexity index is 1010. The molecule has 3 aromatic rings. The number of carbonyl (C=O) groups excluding carboxylic acids is 1. The first kappa shape index (κ1) is 17.8. The second kappa shape index (κ2) is 7.07. The Morgan fingerprint density at radius 2 is 1.96 bits per heavy atom. The summed E-state index contributed by atoms with van der Waals surface area (Å²) in [5, 5.41) is 3.07. The number of hydrogen-bond donors (Lipinski definition) is 1. The Morgan fingerprint density at radius 3 is 2.65 bits per heavy atom. The summed E-state index contributed by atoms with van der Waals surface area (Å²) < 4.78 is 30.3. The lowest BCUT2D eigenvalue weighted by Gasteiger charge is -2.15. The molecule has 0 saturated heterocycles. The minimum atomic E-state index is -0.652. The van der Waals surface area contributed by atoms with Crippen LogP contribution in [0.4, 0.5) is 8.78 Å². The van der Waals surface area contributed by atoms with Crippen LogP contribution in [0.15, 0.2) is 41.7 Å². The number of benzene rings is 1. The van der Waals surface area contributed by atoms with Gasteiger partial charge in [-0.1, -0.05) is 6.07 Å². The molecule has 8 heteroatoms. The molecule has 1 unspecified atom stereocenters. The summed E-state index contributed by atoms with van der Waals surface area (Å²) in [4.78, 5) is 28.7. The molecule has 1 atom stereocenters. The van der Waals surface area contributed by atoms with Crippen LogP contribution in [0.1, 0.15) is 12.5 Å². The fraction of sp³-hybridized carbons (Fsp3) is 0.278. The molecule has 6 nitrogen and oxygen atoms in total. The van der Waals surface area contributed by atoms with Crippen molar-refractivity contribution in [3.8, 4) is 0 Å². The molecular formula is C18H18F2N4O2. The average molecular weight is 360 g/mol. The maximum absolute atomic E-state index is 13.7. The molecule has 0 fully saturated rings. The van der Waals surface area contributed by atoms with E-state index in [1.54, 1.807) is 30.9 Å². The van der Waals surface area contributed by atoms with Crippen molar-refractivity contribution in [2.24, 2.45) is 7.05 Å². The monoisotopic (exact) mass is 360 g/mol. The van der Waals surface area contributed by atoms with Crippen molar-refractivity contribution in [3.05, 3.63) is 64.5 Å². The van der Waals surface area contributed by atoms with Gasteiger partial charge in [-0.3, -0.25) is 14.2 Å². The molecule has 136 valence electrons. The van der Waals surface area contributed by atoms with Gasteiger partial charge in [0.15, 0.2) is 0 Å². The van der Waals surface area contributed by atoms with E-state index in [0.29, 0.717) is 10.9 Å². The highest BCUT2D eigenvalue weighted by molar-refractivity contribution is 5.78. The van der Waals surface area contributed by atoms with Gasteiger partial charge in [0, 0.05) is 31.0 Å². The van der Waals surface area contributed by atoms with Crippen LogP contribution in [0.3, 0.4) is 0 Å². The molecule has 0 saturated carbocycles. The van der Waals surface area contributed by atoms with E-state index in [4.69, 9.17) is 0 Å². The van der Waals surface area contributed by atoms with Gasteiger partial charge >= 0.3 is 0 Å². The molecule has 3 rings (SSSR count). The third-order valence-electron chi connectivity index (χ3n) is 4.06. The van der Waals surface area contributed by atoms with Crippen molar-refractivity contribution in [1.82, 2.24) is 19.4 Å². The summed E-state index contributed by atoms with van der Waals surface area (Å²) in [6.07, 6.45) is 4.68. The number of fused-ring (bicyclic) bond motifs is 1. The lowest BCUT2D eigenvalue weighted by atomic mass is 10.1. The Hall–Kier alpha value is -3.03. The van der Waals surface area contributed by atoms with Gasteiger partial charge in [-0.15, -0.1) is 0 Å². The summed E-state index contributed by atoms with van der Waals surface area (Å²) in [5.74, 6) is -1.74. The molecule has 1 N–H and O–H groups in total. The fourth-order valence-corrected chi connectivity index (χ4v) is 2.85. The predicted molar refractivity (Wildman–Crippen MR) is 92.6 cm³/mol. The third kappa shape index (κ3) is 3.63. The van der Waals surface area contributed by atoms with E-state index in [2.05, 4.69) is 10.3 Å². The molecule has 2 heterocycles. The minimum Gasteiger partial charge on any atom is -0.354 e. The first-order chi connectivity index (χ1) is 12.3. The zero-order valence-corrected chi connectivity index (χ0v) is 14.4. The third-order valence-corrected chi connectivity index (χ3v) is 4.06. The molecule has 2 aromatic heterocycles. The van der Waals surface area contributed by atoms with E-state index in [0.717, 1.165) is 0 Å². The highest BCUT2D eigenvalue weighted by Crippen LogP contribution is 2.14. The van der Waals surface area contributed by atoms with Gasteiger partial charge in [0.1, 0.15) is 18.2 Å². The van der Waals surface area contributed by atoms with Crippen LogP contribution in [0, 0.1) is 11.6 Å². The summed E-state index contributed by atoms with van der Waals surface area (Å²) in [7, 11) is 1.78. The van der Waals surface area contributed by atoms with E-state index in [9.17, 15) is 18.4 Å². The predicted octanol–water partition coefficient (Wildman–Crippen LogP) is 1.76. The standard InChI is InChI=1S/C18H18F2N4O2/c1-11(6-12-14(19)4-3-5-15(12)20)22-17(25)9-24-10-21-16-8-23(2)7-13(16)18(24)26/h3-5,7-8,10-11H,6,9H2,1-2H3,(H,22,25). The van der Waals surface area contributed by atoms with Gasteiger partial charge < -0.3 is 9.88 Å². The molecular weight excluding hydrogens is 342 g/mol. The molecule has 0 radical (unpaired) electrons. The van der Waals surface area contributed by atoms with Gasteiger partial charge in [0.05, 0.1) is 17.2 Å². The topological polar surface area (TPSA) is 68.9 Å². The lowest BCUT2D eigenvalue weighted by molar-refractivity contribution is -0.122. The average Bonchev–Trinajstić information content (AvgIpc) is 2.95. The number of carbonyl (C=O) groups is 1. The largest absolute Gasteiger partial charge is 0.354 e. The maximum Gasteiger partial charge on any atom is 0.263 e. The van der Waals surface area contributed by atoms with Gasteiger partial charge in [-0.05, 0) is 25.5 Å². The minimum absolute atomic E-state index is 0.00904. The number of halogens is 2. The molecule has 0 aliphatic rings. The number of nitrogens with one attached hydrogen (secondary N) is 1. The van der Waals surface area contributed by atoms with E-state index in [1.807, 2.05) is 0 Å².